The number of ether oxygens (including phenoxy) is 1. The third-order valence-corrected chi connectivity index (χ3v) is 4.55. The van der Waals surface area contributed by atoms with Gasteiger partial charge >= 0.3 is 0 Å². The summed E-state index contributed by atoms with van der Waals surface area (Å²) in [6, 6.07) is 10.4. The number of carbonyl (C=O) groups excluding carboxylic acids is 2. The van der Waals surface area contributed by atoms with Crippen molar-refractivity contribution < 1.29 is 18.8 Å². The third-order valence-electron chi connectivity index (χ3n) is 4.55. The molecule has 0 aliphatic carbocycles. The fourth-order valence-electron chi connectivity index (χ4n) is 2.81. The van der Waals surface area contributed by atoms with Gasteiger partial charge in [0.15, 0.2) is 0 Å². The van der Waals surface area contributed by atoms with E-state index in [1.165, 1.54) is 0 Å². The summed E-state index contributed by atoms with van der Waals surface area (Å²) in [5, 5.41) is 9.45. The number of aromatic nitrogens is 2. The van der Waals surface area contributed by atoms with Gasteiger partial charge in [0.2, 0.25) is 0 Å². The Morgan fingerprint density at radius 1 is 1.07 bits per heavy atom. The number of rotatable bonds is 8. The first-order chi connectivity index (χ1) is 14.0. The van der Waals surface area contributed by atoms with Gasteiger partial charge in [0, 0.05) is 31.9 Å². The zero-order valence-corrected chi connectivity index (χ0v) is 16.7. The topological polar surface area (TPSA) is 98.4 Å². The Balaban J connectivity index is 1.43. The molecular formula is C21H24N4O4. The Morgan fingerprint density at radius 3 is 2.34 bits per heavy atom. The second-order valence-electron chi connectivity index (χ2n) is 6.63. The van der Waals surface area contributed by atoms with Gasteiger partial charge in [0.05, 0.1) is 11.3 Å². The molecule has 8 nitrogen and oxygen atoms in total. The first-order valence-electron chi connectivity index (χ1n) is 9.28. The van der Waals surface area contributed by atoms with Crippen molar-refractivity contribution in [1.29, 1.82) is 0 Å². The highest BCUT2D eigenvalue weighted by molar-refractivity contribution is 5.94. The van der Waals surface area contributed by atoms with Crippen molar-refractivity contribution in [2.45, 2.75) is 20.5 Å². The minimum Gasteiger partial charge on any atom is -0.489 e. The highest BCUT2D eigenvalue weighted by Gasteiger charge is 2.11. The number of nitrogens with zero attached hydrogens (tertiary/aromatic N) is 2. The number of hydrogen-bond donors (Lipinski definition) is 2. The van der Waals surface area contributed by atoms with Crippen molar-refractivity contribution in [2.24, 2.45) is 7.05 Å². The van der Waals surface area contributed by atoms with E-state index in [-0.39, 0.29) is 11.8 Å². The molecule has 0 saturated heterocycles. The van der Waals surface area contributed by atoms with Crippen molar-refractivity contribution in [1.82, 2.24) is 20.4 Å². The zero-order chi connectivity index (χ0) is 20.8. The van der Waals surface area contributed by atoms with Crippen molar-refractivity contribution in [3.8, 4) is 5.75 Å². The largest absolute Gasteiger partial charge is 0.489 e. The Kier molecular flexibility index (Phi) is 6.33. The van der Waals surface area contributed by atoms with Crippen LogP contribution in [0.1, 0.15) is 37.9 Å². The molecule has 0 radical (unpaired) electrons. The number of carbonyl (C=O) groups is 2. The van der Waals surface area contributed by atoms with Crippen LogP contribution in [0, 0.1) is 13.8 Å². The fraction of sp³-hybridized carbons (Fsp3) is 0.286. The standard InChI is InChI=1S/C21H24N4O4/c1-14-18(15(2)29-24-14)13-28-17-8-6-16(7-9-17)20(26)22-10-11-23-21(27)19-5-4-12-25(19)3/h4-9,12H,10-11,13H2,1-3H3,(H,22,26)(H,23,27). The van der Waals surface area contributed by atoms with Crippen LogP contribution in [0.4, 0.5) is 0 Å². The average Bonchev–Trinajstić information content (AvgIpc) is 3.29. The van der Waals surface area contributed by atoms with Crippen molar-refractivity contribution in [2.75, 3.05) is 13.1 Å². The number of aryl methyl sites for hydroxylation is 3. The predicted molar refractivity (Wildman–Crippen MR) is 107 cm³/mol. The van der Waals surface area contributed by atoms with Gasteiger partial charge in [0.1, 0.15) is 23.8 Å². The monoisotopic (exact) mass is 396 g/mol. The predicted octanol–water partition coefficient (Wildman–Crippen LogP) is 2.37. The van der Waals surface area contributed by atoms with Crippen LogP contribution in [0.2, 0.25) is 0 Å². The summed E-state index contributed by atoms with van der Waals surface area (Å²) in [5.41, 5.74) is 2.81. The van der Waals surface area contributed by atoms with E-state index in [2.05, 4.69) is 15.8 Å². The lowest BCUT2D eigenvalue weighted by molar-refractivity contribution is 0.0923. The first-order valence-corrected chi connectivity index (χ1v) is 9.28. The molecule has 2 amide bonds. The van der Waals surface area contributed by atoms with Crippen LogP contribution in [0.3, 0.4) is 0 Å². The highest BCUT2D eigenvalue weighted by Crippen LogP contribution is 2.18. The van der Waals surface area contributed by atoms with Crippen molar-refractivity contribution >= 4 is 11.8 Å². The summed E-state index contributed by atoms with van der Waals surface area (Å²) in [4.78, 5) is 24.2. The van der Waals surface area contributed by atoms with Crippen molar-refractivity contribution in [3.63, 3.8) is 0 Å². The third kappa shape index (κ3) is 5.04. The lowest BCUT2D eigenvalue weighted by atomic mass is 10.2. The van der Waals surface area contributed by atoms with Crippen LogP contribution in [-0.4, -0.2) is 34.6 Å². The maximum atomic E-state index is 12.2. The Labute approximate surface area is 168 Å². The van der Waals surface area contributed by atoms with Crippen molar-refractivity contribution in [3.05, 3.63) is 70.9 Å². The second-order valence-corrected chi connectivity index (χ2v) is 6.63. The maximum absolute atomic E-state index is 12.2. The van der Waals surface area contributed by atoms with Gasteiger partial charge in [0.25, 0.3) is 11.8 Å². The van der Waals surface area contributed by atoms with Gasteiger partial charge in [-0.15, -0.1) is 0 Å². The second kappa shape index (κ2) is 9.09. The molecule has 0 spiro atoms. The number of benzene rings is 1. The van der Waals surface area contributed by atoms with Gasteiger partial charge in [-0.25, -0.2) is 0 Å². The fourth-order valence-corrected chi connectivity index (χ4v) is 2.81. The molecule has 2 N–H and O–H groups in total. The normalized spacial score (nSPS) is 10.6. The molecule has 0 fully saturated rings. The molecule has 8 heteroatoms. The summed E-state index contributed by atoms with van der Waals surface area (Å²) in [5.74, 6) is 0.996. The van der Waals surface area contributed by atoms with Gasteiger partial charge in [-0.05, 0) is 50.2 Å². The van der Waals surface area contributed by atoms with Crippen LogP contribution in [0.15, 0.2) is 47.1 Å². The molecular weight excluding hydrogens is 372 g/mol. The van der Waals surface area contributed by atoms with Gasteiger partial charge in [-0.1, -0.05) is 5.16 Å². The minimum atomic E-state index is -0.213. The SMILES string of the molecule is Cc1noc(C)c1COc1ccc(C(=O)NCCNC(=O)c2cccn2C)cc1. The molecule has 0 aliphatic heterocycles. The molecule has 0 atom stereocenters. The molecule has 152 valence electrons. The molecule has 0 bridgehead atoms. The Morgan fingerprint density at radius 2 is 1.76 bits per heavy atom. The molecule has 0 unspecified atom stereocenters. The van der Waals surface area contributed by atoms with E-state index in [4.69, 9.17) is 9.26 Å². The molecule has 0 saturated carbocycles. The van der Waals surface area contributed by atoms with E-state index in [9.17, 15) is 9.59 Å². The van der Waals surface area contributed by atoms with E-state index >= 15 is 0 Å². The van der Waals surface area contributed by atoms with Crippen LogP contribution < -0.4 is 15.4 Å². The Hall–Kier alpha value is -3.55. The molecule has 2 heterocycles. The number of hydrogen-bond acceptors (Lipinski definition) is 5. The lowest BCUT2D eigenvalue weighted by Gasteiger charge is -2.09. The van der Waals surface area contributed by atoms with E-state index in [0.717, 1.165) is 17.0 Å². The summed E-state index contributed by atoms with van der Waals surface area (Å²) in [6.45, 7) is 4.74. The molecule has 3 aromatic rings. The summed E-state index contributed by atoms with van der Waals surface area (Å²) >= 11 is 0. The van der Waals surface area contributed by atoms with Crippen LogP contribution in [0.5, 0.6) is 5.75 Å². The van der Waals surface area contributed by atoms with Crippen LogP contribution in [-0.2, 0) is 13.7 Å². The van der Waals surface area contributed by atoms with Gasteiger partial charge in [-0.2, -0.15) is 0 Å². The van der Waals surface area contributed by atoms with Gasteiger partial charge in [-0.3, -0.25) is 9.59 Å². The quantitative estimate of drug-likeness (QED) is 0.570. The van der Waals surface area contributed by atoms with E-state index < -0.39 is 0 Å². The van der Waals surface area contributed by atoms with Crippen LogP contribution >= 0.6 is 0 Å². The molecule has 2 aromatic heterocycles. The zero-order valence-electron chi connectivity index (χ0n) is 16.7. The molecule has 3 rings (SSSR count). The molecule has 1 aromatic carbocycles. The van der Waals surface area contributed by atoms with E-state index in [0.29, 0.717) is 36.7 Å². The Bertz CT molecular complexity index is 969. The summed E-state index contributed by atoms with van der Waals surface area (Å²) < 4.78 is 12.6. The number of nitrogens with one attached hydrogen (secondary N) is 2. The van der Waals surface area contributed by atoms with Gasteiger partial charge < -0.3 is 24.5 Å². The first kappa shape index (κ1) is 20.2. The van der Waals surface area contributed by atoms with E-state index in [1.54, 1.807) is 54.2 Å². The minimum absolute atomic E-state index is 0.174. The maximum Gasteiger partial charge on any atom is 0.267 e. The lowest BCUT2D eigenvalue weighted by Crippen LogP contribution is -2.35. The summed E-state index contributed by atoms with van der Waals surface area (Å²) in [6.07, 6.45) is 1.80. The smallest absolute Gasteiger partial charge is 0.267 e. The van der Waals surface area contributed by atoms with E-state index in [1.807, 2.05) is 13.8 Å². The average molecular weight is 396 g/mol. The summed E-state index contributed by atoms with van der Waals surface area (Å²) in [7, 11) is 1.80. The molecule has 29 heavy (non-hydrogen) atoms. The van der Waals surface area contributed by atoms with Crippen LogP contribution in [0.25, 0.3) is 0 Å². The highest BCUT2D eigenvalue weighted by atomic mass is 16.5. The molecule has 0 aliphatic rings. The number of amides is 2.